The molecule has 0 rings (SSSR count). The first-order valence-electron chi connectivity index (χ1n) is 4.75. The number of nitrogens with zero attached hydrogens (tertiary/aromatic N) is 3. The molecule has 4 heteroatoms. The van der Waals surface area contributed by atoms with Crippen LogP contribution in [0, 0.1) is 22.7 Å². The smallest absolute Gasteiger partial charge is 0.120 e. The lowest BCUT2D eigenvalue weighted by Gasteiger charge is -2.18. The average molecular weight is 193 g/mol. The van der Waals surface area contributed by atoms with Crippen molar-refractivity contribution in [3.8, 4) is 12.1 Å². The summed E-state index contributed by atoms with van der Waals surface area (Å²) in [4.78, 5) is 12.1. The molecular formula is C10H15N3O. The molecule has 0 saturated carbocycles. The molecule has 0 atom stereocenters. The van der Waals surface area contributed by atoms with Gasteiger partial charge in [0.2, 0.25) is 0 Å². The lowest BCUT2D eigenvalue weighted by Crippen LogP contribution is -2.27. The number of rotatable bonds is 8. The number of unbranched alkanes of at least 4 members (excludes halogenated alkanes) is 1. The monoisotopic (exact) mass is 193 g/mol. The fourth-order valence-corrected chi connectivity index (χ4v) is 1.15. The van der Waals surface area contributed by atoms with Crippen molar-refractivity contribution < 1.29 is 4.79 Å². The van der Waals surface area contributed by atoms with Gasteiger partial charge in [0.25, 0.3) is 0 Å². The number of hydrogen-bond acceptors (Lipinski definition) is 4. The van der Waals surface area contributed by atoms with Crippen molar-refractivity contribution in [2.75, 3.05) is 19.6 Å². The highest BCUT2D eigenvalue weighted by Crippen LogP contribution is 1.97. The molecular weight excluding hydrogens is 178 g/mol. The molecule has 0 heterocycles. The van der Waals surface area contributed by atoms with Crippen molar-refractivity contribution in [3.05, 3.63) is 0 Å². The largest absolute Gasteiger partial charge is 0.303 e. The van der Waals surface area contributed by atoms with E-state index < -0.39 is 0 Å². The number of hydrogen-bond donors (Lipinski definition) is 0. The van der Waals surface area contributed by atoms with Crippen LogP contribution in [-0.4, -0.2) is 30.8 Å². The maximum Gasteiger partial charge on any atom is 0.120 e. The molecule has 4 nitrogen and oxygen atoms in total. The van der Waals surface area contributed by atoms with Gasteiger partial charge in [-0.15, -0.1) is 0 Å². The number of aldehydes is 1. The van der Waals surface area contributed by atoms with Gasteiger partial charge in [-0.05, 0) is 13.0 Å². The Kier molecular flexibility index (Phi) is 8.73. The van der Waals surface area contributed by atoms with Crippen LogP contribution in [0.1, 0.15) is 25.7 Å². The third-order valence-electron chi connectivity index (χ3n) is 1.88. The minimum atomic E-state index is 0.479. The van der Waals surface area contributed by atoms with Crippen molar-refractivity contribution in [1.82, 2.24) is 4.90 Å². The van der Waals surface area contributed by atoms with Crippen molar-refractivity contribution in [3.63, 3.8) is 0 Å². The summed E-state index contributed by atoms with van der Waals surface area (Å²) in [5.74, 6) is 0. The minimum absolute atomic E-state index is 0.479. The van der Waals surface area contributed by atoms with E-state index in [-0.39, 0.29) is 0 Å². The van der Waals surface area contributed by atoms with Gasteiger partial charge in [0.15, 0.2) is 0 Å². The highest BCUT2D eigenvalue weighted by atomic mass is 16.1. The first-order chi connectivity index (χ1) is 6.85. The summed E-state index contributed by atoms with van der Waals surface area (Å²) in [6.07, 6.45) is 3.21. The van der Waals surface area contributed by atoms with Crippen molar-refractivity contribution in [2.24, 2.45) is 0 Å². The van der Waals surface area contributed by atoms with Crippen LogP contribution in [0.25, 0.3) is 0 Å². The van der Waals surface area contributed by atoms with Crippen LogP contribution >= 0.6 is 0 Å². The predicted molar refractivity (Wildman–Crippen MR) is 52.2 cm³/mol. The Bertz CT molecular complexity index is 209. The van der Waals surface area contributed by atoms with E-state index in [4.69, 9.17) is 10.5 Å². The van der Waals surface area contributed by atoms with E-state index in [0.717, 1.165) is 19.3 Å². The first-order valence-corrected chi connectivity index (χ1v) is 4.75. The van der Waals surface area contributed by atoms with Crippen LogP contribution in [0.3, 0.4) is 0 Å². The third kappa shape index (κ3) is 7.27. The maximum absolute atomic E-state index is 10.1. The van der Waals surface area contributed by atoms with Gasteiger partial charge in [-0.2, -0.15) is 10.5 Å². The molecule has 0 unspecified atom stereocenters. The molecule has 0 aromatic heterocycles. The number of carbonyl (C=O) groups excluding carboxylic acids is 1. The normalized spacial score (nSPS) is 9.36. The van der Waals surface area contributed by atoms with Crippen molar-refractivity contribution in [1.29, 1.82) is 10.5 Å². The summed E-state index contributed by atoms with van der Waals surface area (Å²) in [5, 5.41) is 16.8. The highest BCUT2D eigenvalue weighted by molar-refractivity contribution is 5.48. The van der Waals surface area contributed by atoms with E-state index in [2.05, 4.69) is 17.0 Å². The zero-order valence-electron chi connectivity index (χ0n) is 8.28. The van der Waals surface area contributed by atoms with Gasteiger partial charge in [0.1, 0.15) is 6.29 Å². The predicted octanol–water partition coefficient (Wildman–Crippen LogP) is 1.09. The van der Waals surface area contributed by atoms with E-state index in [0.29, 0.717) is 32.4 Å². The standard InChI is InChI=1S/C10H15N3O/c11-5-3-8-13(9-4-6-12)7-1-2-10-14/h10H,1-4,7-9H2. The van der Waals surface area contributed by atoms with Gasteiger partial charge in [0.05, 0.1) is 12.1 Å². The molecule has 0 amide bonds. The van der Waals surface area contributed by atoms with Crippen LogP contribution < -0.4 is 0 Å². The zero-order chi connectivity index (χ0) is 10.6. The summed E-state index contributed by atoms with van der Waals surface area (Å²) >= 11 is 0. The van der Waals surface area contributed by atoms with Crippen LogP contribution in [0.2, 0.25) is 0 Å². The molecule has 0 aromatic carbocycles. The second kappa shape index (κ2) is 9.70. The van der Waals surface area contributed by atoms with Gasteiger partial charge in [-0.3, -0.25) is 0 Å². The maximum atomic E-state index is 10.1. The quantitative estimate of drug-likeness (QED) is 0.427. The highest BCUT2D eigenvalue weighted by Gasteiger charge is 2.03. The number of nitriles is 2. The van der Waals surface area contributed by atoms with Gasteiger partial charge in [0, 0.05) is 32.4 Å². The molecule has 14 heavy (non-hydrogen) atoms. The van der Waals surface area contributed by atoms with Gasteiger partial charge >= 0.3 is 0 Å². The topological polar surface area (TPSA) is 67.9 Å². The average Bonchev–Trinajstić information content (AvgIpc) is 2.21. The Morgan fingerprint density at radius 1 is 1.07 bits per heavy atom. The summed E-state index contributed by atoms with van der Waals surface area (Å²) in [5.41, 5.74) is 0. The zero-order valence-corrected chi connectivity index (χ0v) is 8.28. The van der Waals surface area contributed by atoms with E-state index in [1.807, 2.05) is 0 Å². The van der Waals surface area contributed by atoms with E-state index >= 15 is 0 Å². The SMILES string of the molecule is N#CCCN(CCC#N)CCCC=O. The molecule has 0 bridgehead atoms. The Morgan fingerprint density at radius 2 is 1.64 bits per heavy atom. The molecule has 0 aliphatic heterocycles. The molecule has 0 aliphatic carbocycles. The Morgan fingerprint density at radius 3 is 2.07 bits per heavy atom. The van der Waals surface area contributed by atoms with E-state index in [1.54, 1.807) is 0 Å². The molecule has 0 spiro atoms. The molecule has 0 saturated heterocycles. The first kappa shape index (κ1) is 12.6. The van der Waals surface area contributed by atoms with Gasteiger partial charge < -0.3 is 9.69 Å². The van der Waals surface area contributed by atoms with E-state index in [1.165, 1.54) is 0 Å². The van der Waals surface area contributed by atoms with Gasteiger partial charge in [-0.25, -0.2) is 0 Å². The molecule has 0 fully saturated rings. The van der Waals surface area contributed by atoms with Crippen molar-refractivity contribution >= 4 is 6.29 Å². The van der Waals surface area contributed by atoms with Crippen LogP contribution in [0.15, 0.2) is 0 Å². The summed E-state index contributed by atoms with van der Waals surface area (Å²) in [6.45, 7) is 2.18. The Hall–Kier alpha value is -1.39. The Balaban J connectivity index is 3.67. The lowest BCUT2D eigenvalue weighted by molar-refractivity contribution is -0.108. The lowest BCUT2D eigenvalue weighted by atomic mass is 10.3. The summed E-state index contributed by atoms with van der Waals surface area (Å²) in [7, 11) is 0. The minimum Gasteiger partial charge on any atom is -0.303 e. The Labute approximate surface area is 84.7 Å². The molecule has 0 aliphatic rings. The van der Waals surface area contributed by atoms with Crippen LogP contribution in [-0.2, 0) is 4.79 Å². The molecule has 0 N–H and O–H groups in total. The molecule has 76 valence electrons. The fourth-order valence-electron chi connectivity index (χ4n) is 1.15. The number of carbonyl (C=O) groups is 1. The second-order valence-corrected chi connectivity index (χ2v) is 2.97. The second-order valence-electron chi connectivity index (χ2n) is 2.97. The summed E-state index contributed by atoms with van der Waals surface area (Å²) in [6, 6.07) is 4.14. The van der Waals surface area contributed by atoms with Crippen molar-refractivity contribution in [2.45, 2.75) is 25.7 Å². The molecule has 0 radical (unpaired) electrons. The van der Waals surface area contributed by atoms with Gasteiger partial charge in [-0.1, -0.05) is 0 Å². The fraction of sp³-hybridized carbons (Fsp3) is 0.700. The van der Waals surface area contributed by atoms with Crippen LogP contribution in [0.5, 0.6) is 0 Å². The molecule has 0 aromatic rings. The summed E-state index contributed by atoms with van der Waals surface area (Å²) < 4.78 is 0. The van der Waals surface area contributed by atoms with E-state index in [9.17, 15) is 4.79 Å². The van der Waals surface area contributed by atoms with Crippen LogP contribution in [0.4, 0.5) is 0 Å². The third-order valence-corrected chi connectivity index (χ3v) is 1.88.